The van der Waals surface area contributed by atoms with Gasteiger partial charge in [-0.1, -0.05) is 119 Å². The Bertz CT molecular complexity index is 1360. The second-order valence-corrected chi connectivity index (χ2v) is 16.9. The van der Waals surface area contributed by atoms with E-state index in [0.717, 1.165) is 20.8 Å². The van der Waals surface area contributed by atoms with Crippen molar-refractivity contribution >= 4 is 36.7 Å². The SMILES string of the molecule is CC(OCCO[Si](c1ccccc1)(c1ccccc1)C(C)(C)C)[C@@H](C)[C@H](NC(=O)[C@@H](C)N(C)C(=O)OCc1ccccc1)C(=O)O. The molecule has 46 heavy (non-hydrogen) atoms. The molecule has 0 heterocycles. The normalized spacial score (nSPS) is 14.4. The fourth-order valence-electron chi connectivity index (χ4n) is 5.46. The van der Waals surface area contributed by atoms with Crippen molar-refractivity contribution in [1.29, 1.82) is 0 Å². The van der Waals surface area contributed by atoms with Crippen LogP contribution in [0.5, 0.6) is 0 Å². The van der Waals surface area contributed by atoms with Gasteiger partial charge in [-0.3, -0.25) is 9.69 Å². The Morgan fingerprint density at radius 3 is 1.80 bits per heavy atom. The Labute approximate surface area is 274 Å². The van der Waals surface area contributed by atoms with Gasteiger partial charge in [0.2, 0.25) is 5.91 Å². The molecule has 0 radical (unpaired) electrons. The zero-order valence-corrected chi connectivity index (χ0v) is 28.9. The highest BCUT2D eigenvalue weighted by molar-refractivity contribution is 6.99. The van der Waals surface area contributed by atoms with Gasteiger partial charge in [-0.15, -0.1) is 0 Å². The Morgan fingerprint density at radius 1 is 0.826 bits per heavy atom. The lowest BCUT2D eigenvalue weighted by Gasteiger charge is -2.43. The zero-order valence-electron chi connectivity index (χ0n) is 27.9. The molecule has 9 nitrogen and oxygen atoms in total. The van der Waals surface area contributed by atoms with Crippen molar-refractivity contribution in [1.82, 2.24) is 10.2 Å². The highest BCUT2D eigenvalue weighted by atomic mass is 28.4. The number of nitrogens with zero attached hydrogens (tertiary/aromatic N) is 1. The minimum atomic E-state index is -2.74. The van der Waals surface area contributed by atoms with Crippen molar-refractivity contribution in [2.75, 3.05) is 20.3 Å². The quantitative estimate of drug-likeness (QED) is 0.179. The van der Waals surface area contributed by atoms with Crippen LogP contribution in [0.4, 0.5) is 4.79 Å². The Hall–Kier alpha value is -3.99. The molecule has 0 fully saturated rings. The molecule has 0 spiro atoms. The van der Waals surface area contributed by atoms with Gasteiger partial charge >= 0.3 is 12.1 Å². The number of carboxylic acid groups (broad SMARTS) is 1. The van der Waals surface area contributed by atoms with Crippen molar-refractivity contribution in [3.05, 3.63) is 96.6 Å². The van der Waals surface area contributed by atoms with Gasteiger partial charge in [-0.25, -0.2) is 9.59 Å². The van der Waals surface area contributed by atoms with E-state index in [1.165, 1.54) is 14.0 Å². The maximum atomic E-state index is 13.1. The van der Waals surface area contributed by atoms with E-state index in [2.05, 4.69) is 50.4 Å². The Kier molecular flexibility index (Phi) is 13.1. The molecule has 0 aliphatic heterocycles. The summed E-state index contributed by atoms with van der Waals surface area (Å²) < 4.78 is 18.3. The van der Waals surface area contributed by atoms with Crippen LogP contribution in [0.2, 0.25) is 5.04 Å². The third-order valence-electron chi connectivity index (χ3n) is 8.48. The highest BCUT2D eigenvalue weighted by Crippen LogP contribution is 2.36. The van der Waals surface area contributed by atoms with E-state index in [4.69, 9.17) is 13.9 Å². The maximum Gasteiger partial charge on any atom is 0.410 e. The van der Waals surface area contributed by atoms with E-state index in [-0.39, 0.29) is 18.3 Å². The van der Waals surface area contributed by atoms with E-state index < -0.39 is 50.4 Å². The van der Waals surface area contributed by atoms with Crippen molar-refractivity contribution in [3.8, 4) is 0 Å². The molecule has 0 aliphatic rings. The molecular formula is C36H48N2O7Si. The maximum absolute atomic E-state index is 13.1. The lowest BCUT2D eigenvalue weighted by Crippen LogP contribution is -2.66. The predicted octanol–water partition coefficient (Wildman–Crippen LogP) is 4.83. The average Bonchev–Trinajstić information content (AvgIpc) is 3.05. The van der Waals surface area contributed by atoms with Gasteiger partial charge in [0.15, 0.2) is 0 Å². The number of hydrogen-bond acceptors (Lipinski definition) is 6. The molecule has 2 amide bonds. The van der Waals surface area contributed by atoms with Gasteiger partial charge in [0.1, 0.15) is 18.7 Å². The van der Waals surface area contributed by atoms with Crippen molar-refractivity contribution in [3.63, 3.8) is 0 Å². The summed E-state index contributed by atoms with van der Waals surface area (Å²) in [7, 11) is -1.30. The van der Waals surface area contributed by atoms with Crippen molar-refractivity contribution in [2.24, 2.45) is 5.92 Å². The zero-order chi connectivity index (χ0) is 33.9. The molecular weight excluding hydrogens is 600 g/mol. The molecule has 0 saturated heterocycles. The number of ether oxygens (including phenoxy) is 2. The van der Waals surface area contributed by atoms with Crippen LogP contribution in [0, 0.1) is 5.92 Å². The first kappa shape index (κ1) is 36.5. The van der Waals surface area contributed by atoms with Gasteiger partial charge < -0.3 is 24.3 Å². The van der Waals surface area contributed by atoms with Gasteiger partial charge in [-0.2, -0.15) is 0 Å². The van der Waals surface area contributed by atoms with E-state index in [1.54, 1.807) is 13.8 Å². The first-order chi connectivity index (χ1) is 21.8. The number of carboxylic acids is 1. The van der Waals surface area contributed by atoms with E-state index in [1.807, 2.05) is 66.7 Å². The number of nitrogens with one attached hydrogen (secondary N) is 1. The van der Waals surface area contributed by atoms with Crippen molar-refractivity contribution < 1.29 is 33.4 Å². The molecule has 1 unspecified atom stereocenters. The average molecular weight is 649 g/mol. The smallest absolute Gasteiger partial charge is 0.410 e. The minimum absolute atomic E-state index is 0.0573. The van der Waals surface area contributed by atoms with Gasteiger partial charge in [0.25, 0.3) is 8.32 Å². The first-order valence-corrected chi connectivity index (χ1v) is 17.5. The number of rotatable bonds is 15. The number of carbonyl (C=O) groups excluding carboxylic acids is 2. The third-order valence-corrected chi connectivity index (χ3v) is 13.5. The summed E-state index contributed by atoms with van der Waals surface area (Å²) >= 11 is 0. The Balaban J connectivity index is 1.62. The lowest BCUT2D eigenvalue weighted by molar-refractivity contribution is -0.145. The van der Waals surface area contributed by atoms with Crippen LogP contribution in [0.25, 0.3) is 0 Å². The molecule has 4 atom stereocenters. The summed E-state index contributed by atoms with van der Waals surface area (Å²) in [6.45, 7) is 12.2. The highest BCUT2D eigenvalue weighted by Gasteiger charge is 2.50. The molecule has 3 rings (SSSR count). The number of benzene rings is 3. The third kappa shape index (κ3) is 9.05. The standard InChI is InChI=1S/C36H48N2O7Si/c1-26(32(34(40)41)37-33(39)27(2)38(7)35(42)44-25-29-17-11-8-12-18-29)28(3)43-23-24-45-46(36(4,5)6,30-19-13-9-14-20-30)31-21-15-10-16-22-31/h8-22,26-28,32H,23-25H2,1-7H3,(H,37,39)(H,40,41)/t26-,27-,28?,32+/m1/s1. The summed E-state index contributed by atoms with van der Waals surface area (Å²) in [4.78, 5) is 39.0. The second kappa shape index (κ2) is 16.5. The Morgan fingerprint density at radius 2 is 1.33 bits per heavy atom. The molecule has 3 aromatic carbocycles. The molecule has 0 saturated carbocycles. The minimum Gasteiger partial charge on any atom is -0.480 e. The number of hydrogen-bond donors (Lipinski definition) is 2. The number of amides is 2. The summed E-state index contributed by atoms with van der Waals surface area (Å²) in [6.07, 6.45) is -1.21. The second-order valence-electron chi connectivity index (χ2n) is 12.6. The van der Waals surface area contributed by atoms with Gasteiger partial charge in [0, 0.05) is 13.0 Å². The molecule has 3 aromatic rings. The van der Waals surface area contributed by atoms with E-state index >= 15 is 0 Å². The molecule has 2 N–H and O–H groups in total. The molecule has 0 aliphatic carbocycles. The van der Waals surface area contributed by atoms with Crippen LogP contribution >= 0.6 is 0 Å². The number of aliphatic carboxylic acids is 1. The van der Waals surface area contributed by atoms with Crippen LogP contribution in [-0.4, -0.2) is 74.7 Å². The lowest BCUT2D eigenvalue weighted by atomic mass is 9.96. The largest absolute Gasteiger partial charge is 0.480 e. The van der Waals surface area contributed by atoms with Crippen LogP contribution in [-0.2, 0) is 30.1 Å². The van der Waals surface area contributed by atoms with Crippen LogP contribution in [0.3, 0.4) is 0 Å². The van der Waals surface area contributed by atoms with Crippen LogP contribution in [0.1, 0.15) is 47.1 Å². The van der Waals surface area contributed by atoms with Gasteiger partial charge in [-0.05, 0) is 34.8 Å². The molecule has 0 aromatic heterocycles. The topological polar surface area (TPSA) is 114 Å². The predicted molar refractivity (Wildman–Crippen MR) is 182 cm³/mol. The summed E-state index contributed by atoms with van der Waals surface area (Å²) in [5.41, 5.74) is 0.812. The number of likely N-dealkylation sites (N-methyl/N-ethyl adjacent to an activating group) is 1. The first-order valence-electron chi connectivity index (χ1n) is 15.6. The fraction of sp³-hybridized carbons (Fsp3) is 0.417. The monoisotopic (exact) mass is 648 g/mol. The summed E-state index contributed by atoms with van der Waals surface area (Å²) in [6, 6.07) is 27.6. The van der Waals surface area contributed by atoms with Crippen LogP contribution in [0.15, 0.2) is 91.0 Å². The summed E-state index contributed by atoms with van der Waals surface area (Å²) in [5.74, 6) is -2.39. The molecule has 0 bridgehead atoms. The van der Waals surface area contributed by atoms with E-state index in [0.29, 0.717) is 6.61 Å². The van der Waals surface area contributed by atoms with Crippen molar-refractivity contribution in [2.45, 2.75) is 71.4 Å². The van der Waals surface area contributed by atoms with Crippen LogP contribution < -0.4 is 15.7 Å². The number of carbonyl (C=O) groups is 3. The van der Waals surface area contributed by atoms with E-state index in [9.17, 15) is 19.5 Å². The fourth-order valence-corrected chi connectivity index (χ4v) is 10.0. The molecule has 248 valence electrons. The summed E-state index contributed by atoms with van der Waals surface area (Å²) in [5, 5.41) is 14.7. The van der Waals surface area contributed by atoms with Gasteiger partial charge in [0.05, 0.1) is 19.3 Å². The molecule has 10 heteroatoms.